The Morgan fingerprint density at radius 1 is 1.23 bits per heavy atom. The van der Waals surface area contributed by atoms with Crippen molar-refractivity contribution in [2.24, 2.45) is 0 Å². The first-order chi connectivity index (χ1) is 10.8. The van der Waals surface area contributed by atoms with Crippen LogP contribution in [0.25, 0.3) is 0 Å². The summed E-state index contributed by atoms with van der Waals surface area (Å²) in [6, 6.07) is 8.11. The molecule has 1 atom stereocenters. The van der Waals surface area contributed by atoms with Gasteiger partial charge in [0.25, 0.3) is 0 Å². The van der Waals surface area contributed by atoms with Crippen LogP contribution in [0.1, 0.15) is 29.7 Å². The fraction of sp³-hybridized carbons (Fsp3) is 0.412. The van der Waals surface area contributed by atoms with Crippen LogP contribution in [0.15, 0.2) is 30.6 Å². The topological polar surface area (TPSA) is 58.5 Å². The highest BCUT2D eigenvalue weighted by molar-refractivity contribution is 5.53. The molecule has 0 radical (unpaired) electrons. The molecule has 1 aromatic carbocycles. The molecule has 0 unspecified atom stereocenters. The van der Waals surface area contributed by atoms with Crippen molar-refractivity contribution in [3.05, 3.63) is 47.4 Å². The number of aliphatic hydroxyl groups is 1. The maximum atomic E-state index is 9.95. The molecular weight excluding hydrogens is 278 g/mol. The van der Waals surface area contributed by atoms with Crippen molar-refractivity contribution >= 4 is 5.82 Å². The van der Waals surface area contributed by atoms with Crippen LogP contribution in [0.2, 0.25) is 0 Å². The summed E-state index contributed by atoms with van der Waals surface area (Å²) in [6.45, 7) is 2.05. The van der Waals surface area contributed by atoms with E-state index < -0.39 is 0 Å². The van der Waals surface area contributed by atoms with Crippen LogP contribution in [0.4, 0.5) is 5.82 Å². The first kappa shape index (κ1) is 13.5. The predicted octanol–water partition coefficient (Wildman–Crippen LogP) is 1.92. The molecule has 1 fully saturated rings. The van der Waals surface area contributed by atoms with Crippen LogP contribution in [-0.4, -0.2) is 34.3 Å². The Bertz CT molecular complexity index is 689. The standard InChI is InChI=1S/C17H19N3O2/c21-13-5-3-7-20(9-13)17-14-8-12-4-1-2-6-16(12)22-10-15(14)18-11-19-17/h1-2,4,6,11,13,21H,3,5,7-10H2/t13-/m0/s1. The number of para-hydroxylation sites is 1. The van der Waals surface area contributed by atoms with Gasteiger partial charge in [-0.2, -0.15) is 0 Å². The molecule has 0 saturated carbocycles. The fourth-order valence-corrected chi connectivity index (χ4v) is 3.29. The van der Waals surface area contributed by atoms with Gasteiger partial charge in [-0.05, 0) is 24.5 Å². The molecule has 3 heterocycles. The van der Waals surface area contributed by atoms with E-state index in [0.717, 1.165) is 54.2 Å². The fourth-order valence-electron chi connectivity index (χ4n) is 3.29. The van der Waals surface area contributed by atoms with E-state index in [9.17, 15) is 5.11 Å². The van der Waals surface area contributed by atoms with Gasteiger partial charge in [-0.1, -0.05) is 18.2 Å². The van der Waals surface area contributed by atoms with Gasteiger partial charge in [0.15, 0.2) is 0 Å². The van der Waals surface area contributed by atoms with E-state index in [4.69, 9.17) is 4.74 Å². The molecule has 2 aliphatic rings. The lowest BCUT2D eigenvalue weighted by molar-refractivity contribution is 0.153. The lowest BCUT2D eigenvalue weighted by Gasteiger charge is -2.32. The average Bonchev–Trinajstić information content (AvgIpc) is 2.74. The summed E-state index contributed by atoms with van der Waals surface area (Å²) >= 11 is 0. The number of hydrogen-bond acceptors (Lipinski definition) is 5. The van der Waals surface area contributed by atoms with Crippen LogP contribution in [0.5, 0.6) is 5.75 Å². The molecule has 0 aliphatic carbocycles. The van der Waals surface area contributed by atoms with Gasteiger partial charge in [0, 0.05) is 25.1 Å². The van der Waals surface area contributed by atoms with Crippen LogP contribution in [0, 0.1) is 0 Å². The van der Waals surface area contributed by atoms with Crippen molar-refractivity contribution in [3.63, 3.8) is 0 Å². The van der Waals surface area contributed by atoms with Crippen LogP contribution in [0.3, 0.4) is 0 Å². The molecule has 5 nitrogen and oxygen atoms in total. The third-order valence-electron chi connectivity index (χ3n) is 4.41. The number of aromatic nitrogens is 2. The highest BCUT2D eigenvalue weighted by Crippen LogP contribution is 2.32. The highest BCUT2D eigenvalue weighted by atomic mass is 16.5. The Kier molecular flexibility index (Phi) is 3.42. The molecule has 22 heavy (non-hydrogen) atoms. The Hall–Kier alpha value is -2.14. The lowest BCUT2D eigenvalue weighted by Crippen LogP contribution is -2.39. The summed E-state index contributed by atoms with van der Waals surface area (Å²) in [7, 11) is 0. The number of nitrogens with zero attached hydrogens (tertiary/aromatic N) is 3. The smallest absolute Gasteiger partial charge is 0.135 e. The minimum Gasteiger partial charge on any atom is -0.487 e. The number of β-amino-alcohol motifs (C(OH)–C–C–N with tert-alkyl or cyclic N) is 1. The predicted molar refractivity (Wildman–Crippen MR) is 83.1 cm³/mol. The maximum Gasteiger partial charge on any atom is 0.135 e. The van der Waals surface area contributed by atoms with Gasteiger partial charge >= 0.3 is 0 Å². The normalized spacial score (nSPS) is 20.6. The van der Waals surface area contributed by atoms with E-state index in [2.05, 4.69) is 20.9 Å². The first-order valence-corrected chi connectivity index (χ1v) is 7.78. The number of aliphatic hydroxyl groups excluding tert-OH is 1. The van der Waals surface area contributed by atoms with Crippen molar-refractivity contribution in [1.29, 1.82) is 0 Å². The zero-order chi connectivity index (χ0) is 14.9. The van der Waals surface area contributed by atoms with E-state index in [1.54, 1.807) is 6.33 Å². The van der Waals surface area contributed by atoms with Crippen LogP contribution < -0.4 is 9.64 Å². The molecule has 5 heteroatoms. The molecule has 1 N–H and O–H groups in total. The molecule has 2 aliphatic heterocycles. The largest absolute Gasteiger partial charge is 0.487 e. The molecular formula is C17H19N3O2. The summed E-state index contributed by atoms with van der Waals surface area (Å²) < 4.78 is 5.88. The van der Waals surface area contributed by atoms with Gasteiger partial charge in [-0.15, -0.1) is 0 Å². The number of hydrogen-bond donors (Lipinski definition) is 1. The Balaban J connectivity index is 1.74. The average molecular weight is 297 g/mol. The van der Waals surface area contributed by atoms with Crippen LogP contribution in [-0.2, 0) is 13.0 Å². The van der Waals surface area contributed by atoms with Crippen molar-refractivity contribution in [2.75, 3.05) is 18.0 Å². The van der Waals surface area contributed by atoms with Crippen molar-refractivity contribution in [2.45, 2.75) is 32.0 Å². The third-order valence-corrected chi connectivity index (χ3v) is 4.41. The molecule has 0 amide bonds. The monoisotopic (exact) mass is 297 g/mol. The van der Waals surface area contributed by atoms with Crippen LogP contribution >= 0.6 is 0 Å². The van der Waals surface area contributed by atoms with Crippen molar-refractivity contribution in [1.82, 2.24) is 9.97 Å². The zero-order valence-corrected chi connectivity index (χ0v) is 12.4. The third kappa shape index (κ3) is 2.41. The van der Waals surface area contributed by atoms with Gasteiger partial charge in [-0.25, -0.2) is 9.97 Å². The van der Waals surface area contributed by atoms with E-state index in [0.29, 0.717) is 13.2 Å². The summed E-state index contributed by atoms with van der Waals surface area (Å²) in [4.78, 5) is 11.1. The van der Waals surface area contributed by atoms with E-state index in [-0.39, 0.29) is 6.10 Å². The number of fused-ring (bicyclic) bond motifs is 2. The van der Waals surface area contributed by atoms with Gasteiger partial charge in [0.1, 0.15) is 24.5 Å². The number of benzene rings is 1. The Morgan fingerprint density at radius 3 is 3.05 bits per heavy atom. The van der Waals surface area contributed by atoms with E-state index in [1.165, 1.54) is 0 Å². The van der Waals surface area contributed by atoms with Crippen molar-refractivity contribution in [3.8, 4) is 5.75 Å². The molecule has 114 valence electrons. The van der Waals surface area contributed by atoms with Gasteiger partial charge < -0.3 is 14.7 Å². The molecule has 2 aromatic rings. The Labute approximate surface area is 129 Å². The number of piperidine rings is 1. The second-order valence-electron chi connectivity index (χ2n) is 5.94. The molecule has 1 saturated heterocycles. The molecule has 0 bridgehead atoms. The summed E-state index contributed by atoms with van der Waals surface area (Å²) in [5, 5.41) is 9.95. The number of rotatable bonds is 1. The first-order valence-electron chi connectivity index (χ1n) is 7.78. The van der Waals surface area contributed by atoms with Gasteiger partial charge in [-0.3, -0.25) is 0 Å². The Morgan fingerprint density at radius 2 is 2.14 bits per heavy atom. The molecule has 0 spiro atoms. The summed E-state index contributed by atoms with van der Waals surface area (Å²) in [6.07, 6.45) is 3.97. The number of ether oxygens (including phenoxy) is 1. The number of anilines is 1. The zero-order valence-electron chi connectivity index (χ0n) is 12.4. The minimum absolute atomic E-state index is 0.270. The lowest BCUT2D eigenvalue weighted by atomic mass is 10.0. The quantitative estimate of drug-likeness (QED) is 0.871. The highest BCUT2D eigenvalue weighted by Gasteiger charge is 2.25. The van der Waals surface area contributed by atoms with Gasteiger partial charge in [0.2, 0.25) is 0 Å². The van der Waals surface area contributed by atoms with Gasteiger partial charge in [0.05, 0.1) is 11.8 Å². The summed E-state index contributed by atoms with van der Waals surface area (Å²) in [5.74, 6) is 1.87. The SMILES string of the molecule is O[C@H]1CCCN(c2ncnc3c2Cc2ccccc2OC3)C1. The minimum atomic E-state index is -0.270. The van der Waals surface area contributed by atoms with E-state index >= 15 is 0 Å². The second-order valence-corrected chi connectivity index (χ2v) is 5.94. The second kappa shape index (κ2) is 5.57. The maximum absolute atomic E-state index is 9.95. The van der Waals surface area contributed by atoms with Crippen molar-refractivity contribution < 1.29 is 9.84 Å². The molecule has 1 aromatic heterocycles. The van der Waals surface area contributed by atoms with E-state index in [1.807, 2.05) is 18.2 Å². The summed E-state index contributed by atoms with van der Waals surface area (Å²) in [5.41, 5.74) is 3.23. The molecule has 4 rings (SSSR count).